The van der Waals surface area contributed by atoms with E-state index >= 15 is 0 Å². The minimum absolute atomic E-state index is 0.0595. The van der Waals surface area contributed by atoms with Gasteiger partial charge in [-0.2, -0.15) is 0 Å². The standard InChI is InChI=1S/C41H29N3S/c1-41(2)32-18-10-8-16-29(32)38-34(41)31-23-22-28-27-21-20-24-12-6-7-15-26(24)36(27)44(37(28)39(31)45-38)40-42-33-19-11-9-17-30(33)35(43-40)25-13-4-3-5-14-25/h3-23,30,35H,1-2H3. The van der Waals surface area contributed by atoms with Crippen LogP contribution in [0.4, 0.5) is 0 Å². The lowest BCUT2D eigenvalue weighted by molar-refractivity contribution is 0.636. The summed E-state index contributed by atoms with van der Waals surface area (Å²) in [5.74, 6) is 0.862. The smallest absolute Gasteiger partial charge is 0.230 e. The third-order valence-electron chi connectivity index (χ3n) is 10.1. The Balaban J connectivity index is 1.36. The molecule has 0 saturated heterocycles. The van der Waals surface area contributed by atoms with E-state index < -0.39 is 0 Å². The molecule has 2 unspecified atom stereocenters. The summed E-state index contributed by atoms with van der Waals surface area (Å²) < 4.78 is 3.70. The van der Waals surface area contributed by atoms with Crippen molar-refractivity contribution in [3.8, 4) is 10.4 Å². The van der Waals surface area contributed by atoms with E-state index in [1.165, 1.54) is 69.8 Å². The van der Waals surface area contributed by atoms with E-state index in [-0.39, 0.29) is 17.4 Å². The van der Waals surface area contributed by atoms with Crippen molar-refractivity contribution in [2.75, 3.05) is 0 Å². The van der Waals surface area contributed by atoms with Crippen molar-refractivity contribution in [2.45, 2.75) is 25.3 Å². The van der Waals surface area contributed by atoms with Crippen molar-refractivity contribution >= 4 is 65.7 Å². The fraction of sp³-hybridized carbons (Fsp3) is 0.122. The van der Waals surface area contributed by atoms with E-state index in [4.69, 9.17) is 9.98 Å². The molecule has 214 valence electrons. The molecule has 5 aromatic carbocycles. The first-order valence-electron chi connectivity index (χ1n) is 15.7. The highest BCUT2D eigenvalue weighted by atomic mass is 32.1. The summed E-state index contributed by atoms with van der Waals surface area (Å²) in [6, 6.07) is 37.6. The molecule has 0 amide bonds. The number of benzene rings is 5. The summed E-state index contributed by atoms with van der Waals surface area (Å²) in [5, 5.41) is 6.25. The summed E-state index contributed by atoms with van der Waals surface area (Å²) in [7, 11) is 0. The van der Waals surface area contributed by atoms with E-state index in [1.807, 2.05) is 11.3 Å². The molecular formula is C41H29N3S. The van der Waals surface area contributed by atoms with Crippen LogP contribution in [0.2, 0.25) is 0 Å². The average Bonchev–Trinajstić information content (AvgIpc) is 3.71. The van der Waals surface area contributed by atoms with E-state index in [2.05, 4.69) is 146 Å². The Kier molecular flexibility index (Phi) is 5.05. The van der Waals surface area contributed by atoms with Gasteiger partial charge in [0, 0.05) is 32.4 Å². The Bertz CT molecular complexity index is 2520. The van der Waals surface area contributed by atoms with Crippen LogP contribution in [0, 0.1) is 5.92 Å². The Morgan fingerprint density at radius 3 is 2.38 bits per heavy atom. The molecule has 3 heterocycles. The first-order valence-corrected chi connectivity index (χ1v) is 16.5. The molecule has 0 radical (unpaired) electrons. The van der Waals surface area contributed by atoms with Crippen LogP contribution in [0.3, 0.4) is 0 Å². The van der Waals surface area contributed by atoms with Crippen molar-refractivity contribution in [1.29, 1.82) is 0 Å². The lowest BCUT2D eigenvalue weighted by atomic mass is 9.81. The number of allylic oxidation sites excluding steroid dienone is 3. The SMILES string of the molecule is CC1(C)c2ccccc2-c2sc3c(ccc4c5ccc6ccccc6c5n(C5=NC(c6ccccc6)C6C=CC=CC6=N5)c43)c21. The lowest BCUT2D eigenvalue weighted by Crippen LogP contribution is -2.28. The molecule has 2 atom stereocenters. The minimum Gasteiger partial charge on any atom is -0.276 e. The zero-order valence-electron chi connectivity index (χ0n) is 25.0. The van der Waals surface area contributed by atoms with Crippen LogP contribution in [-0.4, -0.2) is 16.2 Å². The van der Waals surface area contributed by atoms with Crippen LogP contribution in [0.15, 0.2) is 137 Å². The molecule has 10 rings (SSSR count). The van der Waals surface area contributed by atoms with Gasteiger partial charge in [0.15, 0.2) is 0 Å². The van der Waals surface area contributed by atoms with Gasteiger partial charge in [0.05, 0.1) is 27.5 Å². The zero-order chi connectivity index (χ0) is 29.9. The molecule has 3 aliphatic rings. The number of hydrogen-bond acceptors (Lipinski definition) is 3. The van der Waals surface area contributed by atoms with Crippen molar-refractivity contribution in [3.63, 3.8) is 0 Å². The van der Waals surface area contributed by atoms with E-state index in [0.717, 1.165) is 11.7 Å². The van der Waals surface area contributed by atoms with Crippen LogP contribution in [-0.2, 0) is 5.41 Å². The lowest BCUT2D eigenvalue weighted by Gasteiger charge is -2.28. The maximum absolute atomic E-state index is 5.53. The van der Waals surface area contributed by atoms with Crippen molar-refractivity contribution in [2.24, 2.45) is 15.9 Å². The molecule has 2 aliphatic carbocycles. The van der Waals surface area contributed by atoms with E-state index in [9.17, 15) is 0 Å². The quantitative estimate of drug-likeness (QED) is 0.181. The Hall–Kier alpha value is -5.06. The zero-order valence-corrected chi connectivity index (χ0v) is 25.8. The van der Waals surface area contributed by atoms with E-state index in [1.54, 1.807) is 0 Å². The highest BCUT2D eigenvalue weighted by Gasteiger charge is 2.39. The van der Waals surface area contributed by atoms with Crippen LogP contribution >= 0.6 is 11.3 Å². The summed E-state index contributed by atoms with van der Waals surface area (Å²) >= 11 is 1.93. The molecule has 1 aliphatic heterocycles. The van der Waals surface area contributed by atoms with Gasteiger partial charge in [-0.05, 0) is 39.1 Å². The molecule has 0 fully saturated rings. The first-order chi connectivity index (χ1) is 22.1. The Morgan fingerprint density at radius 2 is 1.47 bits per heavy atom. The number of fused-ring (bicyclic) bond motifs is 12. The van der Waals surface area contributed by atoms with E-state index in [0.29, 0.717) is 0 Å². The molecule has 0 spiro atoms. The number of aromatic nitrogens is 1. The second-order valence-corrected chi connectivity index (χ2v) is 13.9. The maximum atomic E-state index is 5.53. The van der Waals surface area contributed by atoms with Gasteiger partial charge in [0.2, 0.25) is 5.96 Å². The first kappa shape index (κ1) is 25.3. The summed E-state index contributed by atoms with van der Waals surface area (Å²) in [5.41, 5.74) is 8.78. The molecule has 0 saturated carbocycles. The molecule has 0 N–H and O–H groups in total. The largest absolute Gasteiger partial charge is 0.276 e. The second kappa shape index (κ2) is 8.99. The normalized spacial score (nSPS) is 19.6. The van der Waals surface area contributed by atoms with Crippen LogP contribution in [0.5, 0.6) is 0 Å². The number of aliphatic imine (C=N–C) groups is 2. The van der Waals surface area contributed by atoms with Crippen molar-refractivity contribution in [3.05, 3.63) is 144 Å². The number of nitrogens with zero attached hydrogens (tertiary/aromatic N) is 3. The summed E-state index contributed by atoms with van der Waals surface area (Å²) in [6.07, 6.45) is 8.64. The molecule has 2 aromatic heterocycles. The van der Waals surface area contributed by atoms with Gasteiger partial charge >= 0.3 is 0 Å². The van der Waals surface area contributed by atoms with Crippen LogP contribution in [0.25, 0.3) is 53.1 Å². The second-order valence-electron chi connectivity index (χ2n) is 12.9. The van der Waals surface area contributed by atoms with Gasteiger partial charge in [-0.3, -0.25) is 4.57 Å². The summed E-state index contributed by atoms with van der Waals surface area (Å²) in [4.78, 5) is 12.3. The van der Waals surface area contributed by atoms with Crippen LogP contribution < -0.4 is 0 Å². The molecule has 4 heteroatoms. The van der Waals surface area contributed by atoms with Gasteiger partial charge in [-0.1, -0.05) is 135 Å². The van der Waals surface area contributed by atoms with Crippen molar-refractivity contribution in [1.82, 2.24) is 4.57 Å². The highest BCUT2D eigenvalue weighted by Crippen LogP contribution is 2.56. The molecule has 0 bridgehead atoms. The number of rotatable bonds is 1. The Labute approximate surface area is 265 Å². The van der Waals surface area contributed by atoms with Crippen LogP contribution in [0.1, 0.15) is 36.6 Å². The van der Waals surface area contributed by atoms with Crippen molar-refractivity contribution < 1.29 is 0 Å². The molecule has 3 nitrogen and oxygen atoms in total. The fourth-order valence-electron chi connectivity index (χ4n) is 8.10. The molecular weight excluding hydrogens is 567 g/mol. The highest BCUT2D eigenvalue weighted by molar-refractivity contribution is 7.23. The third kappa shape index (κ3) is 3.35. The average molecular weight is 596 g/mol. The number of thiophene rings is 1. The Morgan fingerprint density at radius 1 is 0.711 bits per heavy atom. The monoisotopic (exact) mass is 595 g/mol. The van der Waals surface area contributed by atoms with Gasteiger partial charge < -0.3 is 0 Å². The third-order valence-corrected chi connectivity index (χ3v) is 11.4. The predicted octanol–water partition coefficient (Wildman–Crippen LogP) is 10.6. The van der Waals surface area contributed by atoms with Gasteiger partial charge in [-0.25, -0.2) is 9.98 Å². The fourth-order valence-corrected chi connectivity index (χ4v) is 9.63. The van der Waals surface area contributed by atoms with Gasteiger partial charge in [-0.15, -0.1) is 11.3 Å². The molecule has 7 aromatic rings. The minimum atomic E-state index is -0.0746. The number of hydrogen-bond donors (Lipinski definition) is 0. The topological polar surface area (TPSA) is 29.6 Å². The maximum Gasteiger partial charge on any atom is 0.230 e. The molecule has 45 heavy (non-hydrogen) atoms. The summed E-state index contributed by atoms with van der Waals surface area (Å²) in [6.45, 7) is 4.75. The van der Waals surface area contributed by atoms with Gasteiger partial charge in [0.1, 0.15) is 0 Å². The van der Waals surface area contributed by atoms with Gasteiger partial charge in [0.25, 0.3) is 0 Å². The predicted molar refractivity (Wildman–Crippen MR) is 191 cm³/mol.